The summed E-state index contributed by atoms with van der Waals surface area (Å²) in [5.74, 6) is 0.707. The minimum Gasteiger partial charge on any atom is -0.340 e. The molecule has 0 bridgehead atoms. The predicted molar refractivity (Wildman–Crippen MR) is 95.7 cm³/mol. The lowest BCUT2D eigenvalue weighted by Crippen LogP contribution is -2.43. The highest BCUT2D eigenvalue weighted by atomic mass is 32.1. The molecule has 1 aliphatic carbocycles. The monoisotopic (exact) mass is 342 g/mol. The molecule has 1 amide bonds. The molecule has 5 nitrogen and oxygen atoms in total. The van der Waals surface area contributed by atoms with E-state index in [0.29, 0.717) is 18.0 Å². The maximum atomic E-state index is 12.8. The number of aromatic nitrogens is 1. The molecule has 6 heteroatoms. The third kappa shape index (κ3) is 2.97. The molecule has 2 heterocycles. The van der Waals surface area contributed by atoms with E-state index >= 15 is 0 Å². The van der Waals surface area contributed by atoms with E-state index in [9.17, 15) is 4.79 Å². The zero-order valence-corrected chi connectivity index (χ0v) is 14.6. The third-order valence-electron chi connectivity index (χ3n) is 5.15. The molecular formula is C18H22N4OS. The molecule has 4 rings (SSSR count). The second kappa shape index (κ2) is 6.63. The fourth-order valence-electron chi connectivity index (χ4n) is 3.90. The van der Waals surface area contributed by atoms with Crippen LogP contribution in [0.25, 0.3) is 10.6 Å². The van der Waals surface area contributed by atoms with E-state index in [-0.39, 0.29) is 5.91 Å². The summed E-state index contributed by atoms with van der Waals surface area (Å²) in [6.07, 6.45) is 5.56. The first-order chi connectivity index (χ1) is 11.7. The van der Waals surface area contributed by atoms with Crippen LogP contribution in [0.5, 0.6) is 0 Å². The van der Waals surface area contributed by atoms with Crippen LogP contribution in [0.3, 0.4) is 0 Å². The summed E-state index contributed by atoms with van der Waals surface area (Å²) in [5, 5.41) is 2.90. The maximum absolute atomic E-state index is 12.8. The van der Waals surface area contributed by atoms with Gasteiger partial charge >= 0.3 is 0 Å². The van der Waals surface area contributed by atoms with Gasteiger partial charge in [0.25, 0.3) is 5.91 Å². The summed E-state index contributed by atoms with van der Waals surface area (Å²) in [4.78, 5) is 19.0. The molecule has 126 valence electrons. The number of hydrazine groups is 1. The Kier molecular flexibility index (Phi) is 4.35. The van der Waals surface area contributed by atoms with Crippen LogP contribution in [-0.4, -0.2) is 41.5 Å². The summed E-state index contributed by atoms with van der Waals surface area (Å²) in [6, 6.07) is 8.67. The molecule has 2 N–H and O–H groups in total. The maximum Gasteiger partial charge on any atom is 0.253 e. The topological polar surface area (TPSA) is 57.3 Å². The highest BCUT2D eigenvalue weighted by Crippen LogP contribution is 2.32. The normalized spacial score (nSPS) is 25.6. The smallest absolute Gasteiger partial charge is 0.253 e. The molecule has 1 aromatic carbocycles. The number of fused-ring (bicyclic) bond motifs is 1. The summed E-state index contributed by atoms with van der Waals surface area (Å²) in [7, 11) is 1.89. The van der Waals surface area contributed by atoms with Gasteiger partial charge in [0, 0.05) is 48.4 Å². The number of carbonyl (C=O) groups is 1. The number of nitrogens with zero attached hydrogens (tertiary/aromatic N) is 2. The van der Waals surface area contributed by atoms with E-state index in [4.69, 9.17) is 0 Å². The van der Waals surface area contributed by atoms with E-state index in [2.05, 4.69) is 15.8 Å². The molecule has 3 unspecified atom stereocenters. The lowest BCUT2D eigenvalue weighted by atomic mass is 9.97. The first-order valence-electron chi connectivity index (χ1n) is 8.49. The zero-order chi connectivity index (χ0) is 16.5. The summed E-state index contributed by atoms with van der Waals surface area (Å²) in [6.45, 7) is 0.731. The fraction of sp³-hybridized carbons (Fsp3) is 0.444. The van der Waals surface area contributed by atoms with Crippen molar-refractivity contribution in [1.29, 1.82) is 0 Å². The third-order valence-corrected chi connectivity index (χ3v) is 5.97. The second-order valence-corrected chi connectivity index (χ2v) is 7.59. The van der Waals surface area contributed by atoms with Crippen molar-refractivity contribution >= 4 is 17.2 Å². The molecule has 24 heavy (non-hydrogen) atoms. The van der Waals surface area contributed by atoms with E-state index in [1.165, 1.54) is 19.3 Å². The Bertz CT molecular complexity index is 718. The molecule has 1 aromatic heterocycles. The SMILES string of the molecule is CN(CC1NNC2CCCC21)C(=O)c1cccc(-c2nccs2)c1. The van der Waals surface area contributed by atoms with E-state index in [1.54, 1.807) is 17.5 Å². The van der Waals surface area contributed by atoms with Gasteiger partial charge in [0.05, 0.1) is 0 Å². The molecule has 2 fully saturated rings. The minimum absolute atomic E-state index is 0.0663. The lowest BCUT2D eigenvalue weighted by Gasteiger charge is -2.24. The Morgan fingerprint density at radius 3 is 3.12 bits per heavy atom. The molecule has 3 atom stereocenters. The fourth-order valence-corrected chi connectivity index (χ4v) is 4.54. The molecule has 1 saturated heterocycles. The van der Waals surface area contributed by atoms with Gasteiger partial charge in [0.15, 0.2) is 0 Å². The van der Waals surface area contributed by atoms with Crippen LogP contribution in [0.2, 0.25) is 0 Å². The first-order valence-corrected chi connectivity index (χ1v) is 9.37. The van der Waals surface area contributed by atoms with Gasteiger partial charge in [0.2, 0.25) is 0 Å². The average molecular weight is 342 g/mol. The van der Waals surface area contributed by atoms with Gasteiger partial charge in [-0.1, -0.05) is 18.6 Å². The van der Waals surface area contributed by atoms with E-state index < -0.39 is 0 Å². The van der Waals surface area contributed by atoms with Crippen LogP contribution >= 0.6 is 11.3 Å². The Labute approximate surface area is 146 Å². The minimum atomic E-state index is 0.0663. The Balaban J connectivity index is 1.46. The van der Waals surface area contributed by atoms with Gasteiger partial charge in [-0.3, -0.25) is 15.6 Å². The number of carbonyl (C=O) groups excluding carboxylic acids is 1. The summed E-state index contributed by atoms with van der Waals surface area (Å²) >= 11 is 1.59. The van der Waals surface area contributed by atoms with Crippen LogP contribution < -0.4 is 10.9 Å². The number of thiazole rings is 1. The number of amides is 1. The van der Waals surface area contributed by atoms with Gasteiger partial charge in [0.1, 0.15) is 5.01 Å². The van der Waals surface area contributed by atoms with Crippen molar-refractivity contribution in [3.63, 3.8) is 0 Å². The number of benzene rings is 1. The van der Waals surface area contributed by atoms with Gasteiger partial charge in [-0.2, -0.15) is 0 Å². The largest absolute Gasteiger partial charge is 0.340 e. The van der Waals surface area contributed by atoms with Crippen molar-refractivity contribution in [2.24, 2.45) is 5.92 Å². The van der Waals surface area contributed by atoms with Gasteiger partial charge in [-0.15, -0.1) is 11.3 Å². The number of rotatable bonds is 4. The Morgan fingerprint density at radius 2 is 2.29 bits per heavy atom. The van der Waals surface area contributed by atoms with Crippen LogP contribution in [-0.2, 0) is 0 Å². The lowest BCUT2D eigenvalue weighted by molar-refractivity contribution is 0.0775. The molecule has 0 spiro atoms. The standard InChI is InChI=1S/C18H22N4OS/c1-22(11-16-14-6-3-7-15(14)20-21-16)18(23)13-5-2-4-12(10-13)17-19-8-9-24-17/h2,4-5,8-10,14-16,20-21H,3,6-7,11H2,1H3. The second-order valence-electron chi connectivity index (χ2n) is 6.70. The molecule has 1 saturated carbocycles. The van der Waals surface area contributed by atoms with Crippen molar-refractivity contribution in [3.05, 3.63) is 41.4 Å². The van der Waals surface area contributed by atoms with Crippen LogP contribution in [0.4, 0.5) is 0 Å². The quantitative estimate of drug-likeness (QED) is 0.896. The van der Waals surface area contributed by atoms with Gasteiger partial charge in [-0.05, 0) is 30.9 Å². The predicted octanol–water partition coefficient (Wildman–Crippen LogP) is 2.53. The van der Waals surface area contributed by atoms with Crippen LogP contribution in [0.1, 0.15) is 29.6 Å². The molecular weight excluding hydrogens is 320 g/mol. The van der Waals surface area contributed by atoms with Gasteiger partial charge < -0.3 is 4.90 Å². The van der Waals surface area contributed by atoms with Crippen LogP contribution in [0.15, 0.2) is 35.8 Å². The average Bonchev–Trinajstić information content (AvgIpc) is 3.34. The molecule has 0 radical (unpaired) electrons. The van der Waals surface area contributed by atoms with Crippen molar-refractivity contribution in [2.45, 2.75) is 31.3 Å². The zero-order valence-electron chi connectivity index (χ0n) is 13.7. The van der Waals surface area contributed by atoms with Crippen molar-refractivity contribution < 1.29 is 4.79 Å². The van der Waals surface area contributed by atoms with Crippen LogP contribution in [0, 0.1) is 5.92 Å². The number of hydrogen-bond donors (Lipinski definition) is 2. The molecule has 1 aliphatic heterocycles. The molecule has 2 aromatic rings. The number of hydrogen-bond acceptors (Lipinski definition) is 5. The number of likely N-dealkylation sites (N-methyl/N-ethyl adjacent to an activating group) is 1. The van der Waals surface area contributed by atoms with E-state index in [0.717, 1.165) is 22.7 Å². The van der Waals surface area contributed by atoms with Crippen molar-refractivity contribution in [3.8, 4) is 10.6 Å². The van der Waals surface area contributed by atoms with E-state index in [1.807, 2.05) is 41.6 Å². The highest BCUT2D eigenvalue weighted by Gasteiger charge is 2.39. The summed E-state index contributed by atoms with van der Waals surface area (Å²) < 4.78 is 0. The highest BCUT2D eigenvalue weighted by molar-refractivity contribution is 7.13. The number of nitrogens with one attached hydrogen (secondary N) is 2. The van der Waals surface area contributed by atoms with Crippen molar-refractivity contribution in [1.82, 2.24) is 20.7 Å². The van der Waals surface area contributed by atoms with Gasteiger partial charge in [-0.25, -0.2) is 4.98 Å². The summed E-state index contributed by atoms with van der Waals surface area (Å²) in [5.41, 5.74) is 8.49. The van der Waals surface area contributed by atoms with Crippen molar-refractivity contribution in [2.75, 3.05) is 13.6 Å². The first kappa shape index (κ1) is 15.7. The molecule has 2 aliphatic rings. The Hall–Kier alpha value is -1.76. The Morgan fingerprint density at radius 1 is 1.38 bits per heavy atom.